The van der Waals surface area contributed by atoms with Crippen LogP contribution in [0.4, 0.5) is 0 Å². The molecule has 0 aliphatic carbocycles. The summed E-state index contributed by atoms with van der Waals surface area (Å²) in [5, 5.41) is 14.0. The summed E-state index contributed by atoms with van der Waals surface area (Å²) in [6, 6.07) is 10.4. The second kappa shape index (κ2) is 7.99. The van der Waals surface area contributed by atoms with E-state index in [1.165, 1.54) is 5.56 Å². The molecule has 0 saturated carbocycles. The van der Waals surface area contributed by atoms with E-state index in [2.05, 4.69) is 39.8 Å². The van der Waals surface area contributed by atoms with E-state index in [9.17, 15) is 0 Å². The molecule has 0 aliphatic heterocycles. The van der Waals surface area contributed by atoms with Crippen molar-refractivity contribution in [1.29, 1.82) is 0 Å². The zero-order chi connectivity index (χ0) is 13.3. The summed E-state index contributed by atoms with van der Waals surface area (Å²) in [4.78, 5) is 0. The minimum absolute atomic E-state index is 0.745. The molecule has 1 aromatic carbocycles. The maximum Gasteiger partial charge on any atom is 0.121 e. The molecule has 4 nitrogen and oxygen atoms in total. The zero-order valence-corrected chi connectivity index (χ0v) is 11.9. The van der Waals surface area contributed by atoms with E-state index in [4.69, 9.17) is 4.74 Å². The van der Waals surface area contributed by atoms with Crippen LogP contribution in [0.1, 0.15) is 15.6 Å². The molecule has 5 heteroatoms. The van der Waals surface area contributed by atoms with E-state index >= 15 is 0 Å². The van der Waals surface area contributed by atoms with Crippen molar-refractivity contribution in [2.75, 3.05) is 26.8 Å². The predicted octanol–water partition coefficient (Wildman–Crippen LogP) is 1.91. The van der Waals surface area contributed by atoms with Crippen molar-refractivity contribution in [1.82, 2.24) is 15.5 Å². The molecule has 0 saturated heterocycles. The lowest BCUT2D eigenvalue weighted by Crippen LogP contribution is -2.21. The quantitative estimate of drug-likeness (QED) is 0.749. The van der Waals surface area contributed by atoms with Gasteiger partial charge >= 0.3 is 0 Å². The molecule has 1 aromatic heterocycles. The van der Waals surface area contributed by atoms with Crippen molar-refractivity contribution in [2.45, 2.75) is 12.8 Å². The van der Waals surface area contributed by atoms with E-state index in [0.29, 0.717) is 0 Å². The molecular formula is C14H19N3OS. The van der Waals surface area contributed by atoms with Gasteiger partial charge in [0.05, 0.1) is 6.61 Å². The lowest BCUT2D eigenvalue weighted by Gasteiger charge is -2.00. The molecule has 0 spiro atoms. The Balaban J connectivity index is 1.76. The van der Waals surface area contributed by atoms with Crippen LogP contribution in [0.5, 0.6) is 0 Å². The minimum Gasteiger partial charge on any atom is -0.383 e. The Morgan fingerprint density at radius 2 is 1.89 bits per heavy atom. The first-order valence-corrected chi connectivity index (χ1v) is 7.25. The van der Waals surface area contributed by atoms with E-state index in [0.717, 1.165) is 42.6 Å². The van der Waals surface area contributed by atoms with Crippen LogP contribution in [0.2, 0.25) is 0 Å². The fourth-order valence-corrected chi connectivity index (χ4v) is 2.60. The van der Waals surface area contributed by atoms with Crippen LogP contribution in [0.3, 0.4) is 0 Å². The number of hydrogen-bond donors (Lipinski definition) is 1. The van der Waals surface area contributed by atoms with Gasteiger partial charge in [0.15, 0.2) is 0 Å². The number of hydrogen-bond acceptors (Lipinski definition) is 5. The van der Waals surface area contributed by atoms with Gasteiger partial charge in [-0.2, -0.15) is 0 Å². The number of nitrogens with zero attached hydrogens (tertiary/aromatic N) is 2. The van der Waals surface area contributed by atoms with Crippen LogP contribution in [-0.4, -0.2) is 37.0 Å². The molecule has 2 rings (SSSR count). The molecule has 0 radical (unpaired) electrons. The second-order valence-corrected chi connectivity index (χ2v) is 5.39. The summed E-state index contributed by atoms with van der Waals surface area (Å²) in [7, 11) is 1.71. The standard InChI is InChI=1S/C14H19N3OS/c1-18-10-9-15-8-7-13-16-17-14(19-13)11-12-5-3-2-4-6-12/h2-6,15H,7-11H2,1H3. The first-order chi connectivity index (χ1) is 9.38. The number of ether oxygens (including phenoxy) is 1. The molecule has 2 aromatic rings. The van der Waals surface area contributed by atoms with Gasteiger partial charge in [0.1, 0.15) is 10.0 Å². The second-order valence-electron chi connectivity index (χ2n) is 4.24. The van der Waals surface area contributed by atoms with Gasteiger partial charge in [-0.3, -0.25) is 0 Å². The van der Waals surface area contributed by atoms with Gasteiger partial charge in [-0.25, -0.2) is 0 Å². The molecule has 0 bridgehead atoms. The third kappa shape index (κ3) is 5.06. The summed E-state index contributed by atoms with van der Waals surface area (Å²) in [5.41, 5.74) is 1.28. The van der Waals surface area contributed by atoms with Crippen molar-refractivity contribution in [3.05, 3.63) is 45.9 Å². The molecule has 102 valence electrons. The van der Waals surface area contributed by atoms with E-state index in [1.807, 2.05) is 6.07 Å². The molecule has 0 unspecified atom stereocenters. The van der Waals surface area contributed by atoms with E-state index < -0.39 is 0 Å². The smallest absolute Gasteiger partial charge is 0.121 e. The first-order valence-electron chi connectivity index (χ1n) is 6.43. The van der Waals surface area contributed by atoms with Gasteiger partial charge in [-0.1, -0.05) is 30.3 Å². The van der Waals surface area contributed by atoms with Crippen LogP contribution in [0.25, 0.3) is 0 Å². The summed E-state index contributed by atoms with van der Waals surface area (Å²) in [5.74, 6) is 0. The number of benzene rings is 1. The van der Waals surface area contributed by atoms with Gasteiger partial charge in [0.25, 0.3) is 0 Å². The fraction of sp³-hybridized carbons (Fsp3) is 0.429. The summed E-state index contributed by atoms with van der Waals surface area (Å²) < 4.78 is 4.98. The highest BCUT2D eigenvalue weighted by molar-refractivity contribution is 7.11. The van der Waals surface area contributed by atoms with Crippen molar-refractivity contribution < 1.29 is 4.74 Å². The monoisotopic (exact) mass is 277 g/mol. The third-order valence-corrected chi connectivity index (χ3v) is 3.69. The van der Waals surface area contributed by atoms with Gasteiger partial charge in [-0.05, 0) is 5.56 Å². The first kappa shape index (κ1) is 14.1. The van der Waals surface area contributed by atoms with E-state index in [-0.39, 0.29) is 0 Å². The summed E-state index contributed by atoms with van der Waals surface area (Å²) in [6.07, 6.45) is 1.80. The Labute approximate surface area is 117 Å². The Kier molecular flexibility index (Phi) is 5.94. The molecule has 0 atom stereocenters. The summed E-state index contributed by atoms with van der Waals surface area (Å²) >= 11 is 1.70. The zero-order valence-electron chi connectivity index (χ0n) is 11.1. The number of rotatable bonds is 8. The lowest BCUT2D eigenvalue weighted by molar-refractivity contribution is 0.199. The lowest BCUT2D eigenvalue weighted by atomic mass is 10.2. The average Bonchev–Trinajstić information content (AvgIpc) is 2.87. The van der Waals surface area contributed by atoms with Crippen molar-refractivity contribution in [2.24, 2.45) is 0 Å². The SMILES string of the molecule is COCCNCCc1nnc(Cc2ccccc2)s1. The average molecular weight is 277 g/mol. The molecule has 1 N–H and O–H groups in total. The molecule has 19 heavy (non-hydrogen) atoms. The van der Waals surface area contributed by atoms with E-state index in [1.54, 1.807) is 18.4 Å². The minimum atomic E-state index is 0.745. The molecule has 0 aliphatic rings. The van der Waals surface area contributed by atoms with Crippen LogP contribution < -0.4 is 5.32 Å². The van der Waals surface area contributed by atoms with Gasteiger partial charge in [-0.15, -0.1) is 21.5 Å². The Morgan fingerprint density at radius 1 is 1.11 bits per heavy atom. The Morgan fingerprint density at radius 3 is 2.68 bits per heavy atom. The van der Waals surface area contributed by atoms with Gasteiger partial charge < -0.3 is 10.1 Å². The van der Waals surface area contributed by atoms with Gasteiger partial charge in [0, 0.05) is 33.0 Å². The largest absolute Gasteiger partial charge is 0.383 e. The Bertz CT molecular complexity index is 473. The number of methoxy groups -OCH3 is 1. The van der Waals surface area contributed by atoms with Crippen molar-refractivity contribution in [3.63, 3.8) is 0 Å². The highest BCUT2D eigenvalue weighted by atomic mass is 32.1. The maximum absolute atomic E-state index is 4.98. The summed E-state index contributed by atoms with van der Waals surface area (Å²) in [6.45, 7) is 2.55. The van der Waals surface area contributed by atoms with Crippen molar-refractivity contribution in [3.8, 4) is 0 Å². The molecular weight excluding hydrogens is 258 g/mol. The fourth-order valence-electron chi connectivity index (χ4n) is 1.73. The number of aromatic nitrogens is 2. The van der Waals surface area contributed by atoms with Crippen LogP contribution in [-0.2, 0) is 17.6 Å². The highest BCUT2D eigenvalue weighted by Gasteiger charge is 2.04. The van der Waals surface area contributed by atoms with Gasteiger partial charge in [0.2, 0.25) is 0 Å². The Hall–Kier alpha value is -1.30. The molecule has 0 fully saturated rings. The number of nitrogens with one attached hydrogen (secondary N) is 1. The normalized spacial score (nSPS) is 10.8. The van der Waals surface area contributed by atoms with Crippen LogP contribution in [0.15, 0.2) is 30.3 Å². The molecule has 1 heterocycles. The maximum atomic E-state index is 4.98. The predicted molar refractivity (Wildman–Crippen MR) is 77.6 cm³/mol. The van der Waals surface area contributed by atoms with Crippen molar-refractivity contribution >= 4 is 11.3 Å². The van der Waals surface area contributed by atoms with Crippen LogP contribution in [0, 0.1) is 0 Å². The van der Waals surface area contributed by atoms with Crippen LogP contribution >= 0.6 is 11.3 Å². The highest BCUT2D eigenvalue weighted by Crippen LogP contribution is 2.14. The molecule has 0 amide bonds. The topological polar surface area (TPSA) is 47.0 Å². The third-order valence-electron chi connectivity index (χ3n) is 2.71.